The van der Waals surface area contributed by atoms with Crippen molar-refractivity contribution in [3.8, 4) is 11.5 Å². The second-order valence-electron chi connectivity index (χ2n) is 6.91. The zero-order chi connectivity index (χ0) is 18.4. The Hall–Kier alpha value is -2.08. The van der Waals surface area contributed by atoms with E-state index in [0.29, 0.717) is 6.04 Å². The highest BCUT2D eigenvalue weighted by Gasteiger charge is 2.20. The minimum Gasteiger partial charge on any atom is -0.493 e. The summed E-state index contributed by atoms with van der Waals surface area (Å²) in [6.45, 7) is 6.57. The first-order chi connectivity index (χ1) is 12.7. The number of methoxy groups -OCH3 is 1. The van der Waals surface area contributed by atoms with Gasteiger partial charge in [0.15, 0.2) is 11.5 Å². The van der Waals surface area contributed by atoms with Crippen LogP contribution in [0.25, 0.3) is 0 Å². The maximum atomic E-state index is 5.94. The Morgan fingerprint density at radius 3 is 2.96 bits per heavy atom. The Labute approximate surface area is 155 Å². The van der Waals surface area contributed by atoms with Gasteiger partial charge in [-0.2, -0.15) is 5.10 Å². The normalized spacial score (nSPS) is 16.3. The fourth-order valence-electron chi connectivity index (χ4n) is 3.34. The molecule has 1 unspecified atom stereocenters. The molecule has 6 nitrogen and oxygen atoms in total. The second kappa shape index (κ2) is 9.03. The van der Waals surface area contributed by atoms with Gasteiger partial charge < -0.3 is 14.8 Å². The molecule has 0 spiro atoms. The van der Waals surface area contributed by atoms with E-state index in [-0.39, 0.29) is 0 Å². The van der Waals surface area contributed by atoms with Crippen LogP contribution in [-0.2, 0) is 19.5 Å². The fourth-order valence-corrected chi connectivity index (χ4v) is 3.34. The van der Waals surface area contributed by atoms with Gasteiger partial charge in [-0.05, 0) is 37.5 Å². The highest BCUT2D eigenvalue weighted by atomic mass is 16.5. The van der Waals surface area contributed by atoms with Gasteiger partial charge in [0, 0.05) is 19.0 Å². The average Bonchev–Trinajstić information content (AvgIpc) is 3.03. The summed E-state index contributed by atoms with van der Waals surface area (Å²) in [4.78, 5) is 4.47. The molecule has 1 N–H and O–H groups in total. The van der Waals surface area contributed by atoms with Gasteiger partial charge in [-0.15, -0.1) is 0 Å². The largest absolute Gasteiger partial charge is 0.493 e. The molecule has 0 radical (unpaired) electrons. The minimum absolute atomic E-state index is 0.416. The molecule has 142 valence electrons. The van der Waals surface area contributed by atoms with Crippen molar-refractivity contribution in [3.05, 3.63) is 35.4 Å². The van der Waals surface area contributed by atoms with E-state index in [2.05, 4.69) is 34.5 Å². The number of aryl methyl sites for hydroxylation is 2. The van der Waals surface area contributed by atoms with Crippen LogP contribution in [0, 0.1) is 6.92 Å². The van der Waals surface area contributed by atoms with Gasteiger partial charge in [-0.25, -0.2) is 9.67 Å². The number of ether oxygens (including phenoxy) is 2. The Bertz CT molecular complexity index is 714. The Kier molecular flexibility index (Phi) is 6.50. The number of aromatic nitrogens is 3. The summed E-state index contributed by atoms with van der Waals surface area (Å²) in [7, 11) is 1.69. The van der Waals surface area contributed by atoms with Crippen LogP contribution in [0.4, 0.5) is 0 Å². The van der Waals surface area contributed by atoms with Gasteiger partial charge in [0.1, 0.15) is 11.6 Å². The summed E-state index contributed by atoms with van der Waals surface area (Å²) < 4.78 is 13.4. The maximum Gasteiger partial charge on any atom is 0.161 e. The molecule has 2 aromatic rings. The molecule has 26 heavy (non-hydrogen) atoms. The van der Waals surface area contributed by atoms with Crippen LogP contribution in [0.3, 0.4) is 0 Å². The van der Waals surface area contributed by atoms with E-state index in [9.17, 15) is 0 Å². The number of unbranched alkanes of at least 4 members (excludes halogenated alkanes) is 2. The zero-order valence-corrected chi connectivity index (χ0v) is 16.1. The summed E-state index contributed by atoms with van der Waals surface area (Å²) in [5.41, 5.74) is 1.21. The number of rotatable bonds is 9. The molecule has 1 aromatic heterocycles. The topological polar surface area (TPSA) is 61.2 Å². The summed E-state index contributed by atoms with van der Waals surface area (Å²) in [5.74, 6) is 3.60. The molecule has 1 aliphatic rings. The lowest BCUT2D eigenvalue weighted by Crippen LogP contribution is -2.37. The number of hydrogen-bond acceptors (Lipinski definition) is 5. The molecule has 1 atom stereocenters. The predicted octanol–water partition coefficient (Wildman–Crippen LogP) is 3.27. The lowest BCUT2D eigenvalue weighted by molar-refractivity contribution is 0.285. The first-order valence-electron chi connectivity index (χ1n) is 9.63. The van der Waals surface area contributed by atoms with E-state index < -0.39 is 0 Å². The summed E-state index contributed by atoms with van der Waals surface area (Å²) in [6.07, 6.45) is 5.53. The molecule has 0 bridgehead atoms. The molecule has 1 aliphatic heterocycles. The van der Waals surface area contributed by atoms with Gasteiger partial charge in [-0.1, -0.05) is 25.8 Å². The lowest BCUT2D eigenvalue weighted by Gasteiger charge is -2.24. The molecular weight excluding hydrogens is 328 g/mol. The van der Waals surface area contributed by atoms with Crippen LogP contribution in [0.2, 0.25) is 0 Å². The van der Waals surface area contributed by atoms with Crippen LogP contribution >= 0.6 is 0 Å². The van der Waals surface area contributed by atoms with E-state index in [1.165, 1.54) is 18.4 Å². The van der Waals surface area contributed by atoms with Crippen molar-refractivity contribution in [1.82, 2.24) is 20.1 Å². The molecule has 0 saturated heterocycles. The van der Waals surface area contributed by atoms with Crippen molar-refractivity contribution in [2.75, 3.05) is 13.7 Å². The van der Waals surface area contributed by atoms with Crippen LogP contribution in [-0.4, -0.2) is 34.5 Å². The van der Waals surface area contributed by atoms with Gasteiger partial charge in [0.05, 0.1) is 20.3 Å². The number of fused-ring (bicyclic) bond motifs is 1. The van der Waals surface area contributed by atoms with Gasteiger partial charge in [0.2, 0.25) is 0 Å². The molecule has 0 amide bonds. The highest BCUT2D eigenvalue weighted by Crippen LogP contribution is 2.28. The first kappa shape index (κ1) is 18.7. The Morgan fingerprint density at radius 2 is 2.15 bits per heavy atom. The SMILES string of the molecule is CCCCCOc1cc(CNC2CCc3nc(C)nn3C2)ccc1OC. The van der Waals surface area contributed by atoms with E-state index in [0.717, 1.165) is 62.1 Å². The van der Waals surface area contributed by atoms with Gasteiger partial charge >= 0.3 is 0 Å². The fraction of sp³-hybridized carbons (Fsp3) is 0.600. The third-order valence-electron chi connectivity index (χ3n) is 4.79. The van der Waals surface area contributed by atoms with Crippen molar-refractivity contribution < 1.29 is 9.47 Å². The van der Waals surface area contributed by atoms with E-state index in [4.69, 9.17) is 9.47 Å². The number of nitrogens with one attached hydrogen (secondary N) is 1. The second-order valence-corrected chi connectivity index (χ2v) is 6.91. The molecule has 2 heterocycles. The van der Waals surface area contributed by atoms with Crippen LogP contribution in [0.5, 0.6) is 11.5 Å². The van der Waals surface area contributed by atoms with Crippen LogP contribution in [0.1, 0.15) is 49.8 Å². The van der Waals surface area contributed by atoms with Crippen molar-refractivity contribution >= 4 is 0 Å². The molecule has 0 fully saturated rings. The standard InChI is InChI=1S/C20H30N4O2/c1-4-5-6-11-26-19-12-16(7-9-18(19)25-3)13-21-17-8-10-20-22-15(2)23-24(20)14-17/h7,9,12,17,21H,4-6,8,10-11,13-14H2,1-3H3. The number of hydrogen-bond donors (Lipinski definition) is 1. The predicted molar refractivity (Wildman–Crippen MR) is 102 cm³/mol. The third-order valence-corrected chi connectivity index (χ3v) is 4.79. The first-order valence-corrected chi connectivity index (χ1v) is 9.63. The molecular formula is C20H30N4O2. The third kappa shape index (κ3) is 4.75. The van der Waals surface area contributed by atoms with Crippen molar-refractivity contribution in [2.45, 2.75) is 65.1 Å². The molecule has 1 aromatic carbocycles. The summed E-state index contributed by atoms with van der Waals surface area (Å²) in [6, 6.07) is 6.59. The van der Waals surface area contributed by atoms with Crippen LogP contribution < -0.4 is 14.8 Å². The average molecular weight is 358 g/mol. The monoisotopic (exact) mass is 358 g/mol. The molecule has 0 aliphatic carbocycles. The summed E-state index contributed by atoms with van der Waals surface area (Å²) in [5, 5.41) is 8.12. The summed E-state index contributed by atoms with van der Waals surface area (Å²) >= 11 is 0. The zero-order valence-electron chi connectivity index (χ0n) is 16.1. The van der Waals surface area contributed by atoms with Crippen molar-refractivity contribution in [1.29, 1.82) is 0 Å². The minimum atomic E-state index is 0.416. The van der Waals surface area contributed by atoms with Crippen LogP contribution in [0.15, 0.2) is 18.2 Å². The molecule has 0 saturated carbocycles. The maximum absolute atomic E-state index is 5.94. The highest BCUT2D eigenvalue weighted by molar-refractivity contribution is 5.43. The molecule has 6 heteroatoms. The van der Waals surface area contributed by atoms with E-state index in [1.807, 2.05) is 17.7 Å². The van der Waals surface area contributed by atoms with Crippen molar-refractivity contribution in [3.63, 3.8) is 0 Å². The van der Waals surface area contributed by atoms with Gasteiger partial charge in [-0.3, -0.25) is 0 Å². The van der Waals surface area contributed by atoms with E-state index in [1.54, 1.807) is 7.11 Å². The molecule has 3 rings (SSSR count). The van der Waals surface area contributed by atoms with Crippen molar-refractivity contribution in [2.24, 2.45) is 0 Å². The Balaban J connectivity index is 1.56. The van der Waals surface area contributed by atoms with Gasteiger partial charge in [0.25, 0.3) is 0 Å². The number of benzene rings is 1. The number of nitrogens with zero attached hydrogens (tertiary/aromatic N) is 3. The Morgan fingerprint density at radius 1 is 1.27 bits per heavy atom. The smallest absolute Gasteiger partial charge is 0.161 e. The van der Waals surface area contributed by atoms with E-state index >= 15 is 0 Å². The lowest BCUT2D eigenvalue weighted by atomic mass is 10.1. The quantitative estimate of drug-likeness (QED) is 0.697.